The fraction of sp³-hybridized carbons (Fsp3) is 0.263. The number of nitrogens with two attached hydrogens (primary N) is 1. The van der Waals surface area contributed by atoms with Crippen molar-refractivity contribution in [1.82, 2.24) is 4.90 Å². The maximum Gasteiger partial charge on any atom is 0.295 e. The number of ether oxygens (including phenoxy) is 1. The Morgan fingerprint density at radius 1 is 1.27 bits per heavy atom. The van der Waals surface area contributed by atoms with Crippen LogP contribution in [0.25, 0.3) is 5.76 Å². The second-order valence-corrected chi connectivity index (χ2v) is 6.86. The number of Topliss-reactive ketones (excluding diaryl/α,β-unsaturated/α-hetero) is 1. The molecule has 1 aromatic carbocycles. The Balaban J connectivity index is 2.09. The van der Waals surface area contributed by atoms with Crippen LogP contribution in [0.2, 0.25) is 0 Å². The molecule has 1 amide bonds. The molecule has 1 aromatic heterocycles. The Bertz CT molecular complexity index is 828. The number of amides is 1. The van der Waals surface area contributed by atoms with Gasteiger partial charge in [0.15, 0.2) is 0 Å². The van der Waals surface area contributed by atoms with Crippen LogP contribution in [0.15, 0.2) is 47.4 Å². The highest BCUT2D eigenvalue weighted by atomic mass is 32.1. The number of methoxy groups -OCH3 is 1. The van der Waals surface area contributed by atoms with Gasteiger partial charge in [0.2, 0.25) is 0 Å². The zero-order valence-corrected chi connectivity index (χ0v) is 15.2. The highest BCUT2D eigenvalue weighted by Gasteiger charge is 2.46. The van der Waals surface area contributed by atoms with E-state index in [1.807, 2.05) is 17.5 Å². The smallest absolute Gasteiger partial charge is 0.295 e. The normalized spacial score (nSPS) is 19.2. The Hall–Kier alpha value is -2.64. The van der Waals surface area contributed by atoms with E-state index in [1.165, 1.54) is 16.2 Å². The highest BCUT2D eigenvalue weighted by Crippen LogP contribution is 2.41. The van der Waals surface area contributed by atoms with Crippen molar-refractivity contribution in [3.8, 4) is 5.75 Å². The molecule has 3 N–H and O–H groups in total. The molecule has 1 saturated heterocycles. The van der Waals surface area contributed by atoms with Gasteiger partial charge < -0.3 is 20.5 Å². The predicted molar refractivity (Wildman–Crippen MR) is 100.0 cm³/mol. The van der Waals surface area contributed by atoms with E-state index in [2.05, 4.69) is 0 Å². The van der Waals surface area contributed by atoms with E-state index in [4.69, 9.17) is 10.5 Å². The van der Waals surface area contributed by atoms with Gasteiger partial charge in [-0.3, -0.25) is 9.59 Å². The molecule has 136 valence electrons. The van der Waals surface area contributed by atoms with Crippen molar-refractivity contribution in [3.05, 3.63) is 57.8 Å². The highest BCUT2D eigenvalue weighted by molar-refractivity contribution is 7.10. The summed E-state index contributed by atoms with van der Waals surface area (Å²) in [6, 6.07) is 9.83. The van der Waals surface area contributed by atoms with Crippen molar-refractivity contribution in [2.45, 2.75) is 12.5 Å². The molecule has 0 spiro atoms. The van der Waals surface area contributed by atoms with Gasteiger partial charge in [-0.05, 0) is 48.7 Å². The van der Waals surface area contributed by atoms with Gasteiger partial charge in [-0.2, -0.15) is 0 Å². The first-order valence-corrected chi connectivity index (χ1v) is 9.12. The molecule has 26 heavy (non-hydrogen) atoms. The number of likely N-dealkylation sites (tertiary alicyclic amines) is 1. The fourth-order valence-electron chi connectivity index (χ4n) is 3.02. The van der Waals surface area contributed by atoms with Crippen LogP contribution >= 0.6 is 11.3 Å². The lowest BCUT2D eigenvalue weighted by Gasteiger charge is -2.23. The number of rotatable bonds is 6. The standard InChI is InChI=1S/C19H20N2O4S/c1-25-13-7-5-12(6-8-13)17(22)15-16(14-4-2-11-26-14)21(10-3-9-20)19(24)18(15)23/h2,4-8,11,16,22H,3,9-10,20H2,1H3/t16-/m1/s1. The van der Waals surface area contributed by atoms with Crippen LogP contribution in [-0.4, -0.2) is 41.9 Å². The third-order valence-corrected chi connectivity index (χ3v) is 5.24. The van der Waals surface area contributed by atoms with Gasteiger partial charge in [0.25, 0.3) is 11.7 Å². The number of benzene rings is 1. The first-order chi connectivity index (χ1) is 12.6. The summed E-state index contributed by atoms with van der Waals surface area (Å²) in [5.41, 5.74) is 6.14. The Labute approximate surface area is 155 Å². The first kappa shape index (κ1) is 18.2. The van der Waals surface area contributed by atoms with Crippen molar-refractivity contribution in [2.75, 3.05) is 20.2 Å². The molecule has 6 nitrogen and oxygen atoms in total. The molecule has 0 radical (unpaired) electrons. The summed E-state index contributed by atoms with van der Waals surface area (Å²) in [6.07, 6.45) is 0.581. The monoisotopic (exact) mass is 372 g/mol. The summed E-state index contributed by atoms with van der Waals surface area (Å²) in [5.74, 6) is -0.819. The SMILES string of the molecule is COc1ccc(C(O)=C2C(=O)C(=O)N(CCCN)[C@@H]2c2cccs2)cc1. The Morgan fingerprint density at radius 3 is 2.58 bits per heavy atom. The van der Waals surface area contributed by atoms with Crippen molar-refractivity contribution in [2.24, 2.45) is 5.73 Å². The molecule has 1 aliphatic rings. The Kier molecular flexibility index (Phi) is 5.39. The second kappa shape index (κ2) is 7.72. The van der Waals surface area contributed by atoms with Crippen LogP contribution in [0.5, 0.6) is 5.75 Å². The number of thiophene rings is 1. The lowest BCUT2D eigenvalue weighted by atomic mass is 10.00. The molecule has 1 fully saturated rings. The summed E-state index contributed by atoms with van der Waals surface area (Å²) in [5, 5.41) is 12.7. The molecule has 2 aromatic rings. The van der Waals surface area contributed by atoms with Gasteiger partial charge in [0.1, 0.15) is 11.5 Å². The van der Waals surface area contributed by atoms with Crippen molar-refractivity contribution < 1.29 is 19.4 Å². The van der Waals surface area contributed by atoms with Crippen LogP contribution in [-0.2, 0) is 9.59 Å². The fourth-order valence-corrected chi connectivity index (χ4v) is 3.86. The number of aliphatic hydroxyl groups excluding tert-OH is 1. The van der Waals surface area contributed by atoms with E-state index in [0.29, 0.717) is 30.8 Å². The van der Waals surface area contributed by atoms with E-state index in [1.54, 1.807) is 31.4 Å². The third kappa shape index (κ3) is 3.23. The summed E-state index contributed by atoms with van der Waals surface area (Å²) >= 11 is 1.44. The largest absolute Gasteiger partial charge is 0.507 e. The number of ketones is 1. The van der Waals surface area contributed by atoms with Gasteiger partial charge in [-0.1, -0.05) is 6.07 Å². The number of carbonyl (C=O) groups is 2. The molecule has 0 saturated carbocycles. The summed E-state index contributed by atoms with van der Waals surface area (Å²) in [7, 11) is 1.55. The second-order valence-electron chi connectivity index (χ2n) is 5.88. The van der Waals surface area contributed by atoms with Crippen molar-refractivity contribution in [3.63, 3.8) is 0 Å². The van der Waals surface area contributed by atoms with E-state index >= 15 is 0 Å². The number of hydrogen-bond donors (Lipinski definition) is 2. The lowest BCUT2D eigenvalue weighted by molar-refractivity contribution is -0.139. The molecule has 3 rings (SSSR count). The average molecular weight is 372 g/mol. The molecular weight excluding hydrogens is 352 g/mol. The summed E-state index contributed by atoms with van der Waals surface area (Å²) < 4.78 is 5.12. The first-order valence-electron chi connectivity index (χ1n) is 8.24. The van der Waals surface area contributed by atoms with Gasteiger partial charge in [-0.25, -0.2) is 0 Å². The summed E-state index contributed by atoms with van der Waals surface area (Å²) in [6.45, 7) is 0.779. The molecule has 7 heteroatoms. The van der Waals surface area contributed by atoms with Gasteiger partial charge >= 0.3 is 0 Å². The quantitative estimate of drug-likeness (QED) is 0.462. The zero-order chi connectivity index (χ0) is 18.7. The minimum Gasteiger partial charge on any atom is -0.507 e. The summed E-state index contributed by atoms with van der Waals surface area (Å²) in [4.78, 5) is 27.5. The molecule has 2 heterocycles. The average Bonchev–Trinajstić information content (AvgIpc) is 3.27. The molecule has 1 atom stereocenters. The molecular formula is C19H20N2O4S. The molecule has 1 aliphatic heterocycles. The van der Waals surface area contributed by atoms with E-state index in [0.717, 1.165) is 4.88 Å². The van der Waals surface area contributed by atoms with Crippen LogP contribution in [0.3, 0.4) is 0 Å². The van der Waals surface area contributed by atoms with E-state index < -0.39 is 17.7 Å². The van der Waals surface area contributed by atoms with Crippen LogP contribution in [0.4, 0.5) is 0 Å². The minimum absolute atomic E-state index is 0.111. The van der Waals surface area contributed by atoms with E-state index in [9.17, 15) is 14.7 Å². The van der Waals surface area contributed by atoms with Crippen LogP contribution in [0, 0.1) is 0 Å². The minimum atomic E-state index is -0.672. The number of aliphatic hydroxyl groups is 1. The maximum absolute atomic E-state index is 12.7. The van der Waals surface area contributed by atoms with Crippen LogP contribution in [0.1, 0.15) is 22.9 Å². The zero-order valence-electron chi connectivity index (χ0n) is 14.3. The van der Waals surface area contributed by atoms with Gasteiger partial charge in [0, 0.05) is 17.0 Å². The van der Waals surface area contributed by atoms with E-state index in [-0.39, 0.29) is 11.3 Å². The van der Waals surface area contributed by atoms with Crippen LogP contribution < -0.4 is 10.5 Å². The van der Waals surface area contributed by atoms with Gasteiger partial charge in [0.05, 0.1) is 18.7 Å². The predicted octanol–water partition coefficient (Wildman–Crippen LogP) is 2.53. The van der Waals surface area contributed by atoms with Gasteiger partial charge in [-0.15, -0.1) is 11.3 Å². The van der Waals surface area contributed by atoms with Crippen molar-refractivity contribution >= 4 is 28.8 Å². The number of nitrogens with zero attached hydrogens (tertiary/aromatic N) is 1. The van der Waals surface area contributed by atoms with Crippen molar-refractivity contribution in [1.29, 1.82) is 0 Å². The third-order valence-electron chi connectivity index (χ3n) is 4.32. The number of hydrogen-bond acceptors (Lipinski definition) is 6. The molecule has 0 unspecified atom stereocenters. The topological polar surface area (TPSA) is 92.9 Å². The molecule has 0 aliphatic carbocycles. The molecule has 0 bridgehead atoms. The maximum atomic E-state index is 12.7. The lowest BCUT2D eigenvalue weighted by Crippen LogP contribution is -2.31. The number of carbonyl (C=O) groups excluding carboxylic acids is 2. The Morgan fingerprint density at radius 2 is 2.00 bits per heavy atom.